The molecular weight excluding hydrogens is 517 g/mol. The first-order valence-electron chi connectivity index (χ1n) is 9.88. The van der Waals surface area contributed by atoms with Gasteiger partial charge in [0.05, 0.1) is 0 Å². The van der Waals surface area contributed by atoms with E-state index in [9.17, 15) is 0 Å². The third-order valence-electron chi connectivity index (χ3n) is 5.29. The van der Waals surface area contributed by atoms with E-state index in [1.54, 1.807) is 0 Å². The number of nitrogens with zero attached hydrogens (tertiary/aromatic N) is 3. The topological polar surface area (TPSA) is 42.9 Å². The quantitative estimate of drug-likeness (QED) is 0.335. The van der Waals surface area contributed by atoms with E-state index >= 15 is 0 Å². The lowest BCUT2D eigenvalue weighted by atomic mass is 9.99. The number of aliphatic imine (C=N–C) groups is 1. The average Bonchev–Trinajstić information content (AvgIpc) is 3.09. The molecule has 5 nitrogen and oxygen atoms in total. The molecule has 0 aliphatic carbocycles. The standard InChI is InChI=1S/C20H32BrN5.HI/c1-3-22-20(23-13-16-5-4-11-25(2)14-16)24-18-10-12-26(15-18)19-8-6-17(21)7-9-19;/h6-9,16,18H,3-5,10-15H2,1-2H3,(H2,22,23,24);1H. The second kappa shape index (κ2) is 11.5. The molecule has 2 fully saturated rings. The van der Waals surface area contributed by atoms with Crippen LogP contribution in [0.4, 0.5) is 5.69 Å². The summed E-state index contributed by atoms with van der Waals surface area (Å²) in [5.74, 6) is 1.66. The molecule has 1 aromatic rings. The van der Waals surface area contributed by atoms with Gasteiger partial charge in [-0.1, -0.05) is 15.9 Å². The molecule has 0 bridgehead atoms. The van der Waals surface area contributed by atoms with Crippen LogP contribution in [-0.4, -0.2) is 63.2 Å². The monoisotopic (exact) mass is 549 g/mol. The van der Waals surface area contributed by atoms with Gasteiger partial charge in [-0.25, -0.2) is 0 Å². The van der Waals surface area contributed by atoms with E-state index in [-0.39, 0.29) is 24.0 Å². The molecule has 0 radical (unpaired) electrons. The number of likely N-dealkylation sites (tertiary alicyclic amines) is 1. The Balaban J connectivity index is 0.00000261. The highest BCUT2D eigenvalue weighted by atomic mass is 127. The number of hydrogen-bond donors (Lipinski definition) is 2. The molecule has 0 aromatic heterocycles. The summed E-state index contributed by atoms with van der Waals surface area (Å²) in [6, 6.07) is 9.05. The van der Waals surface area contributed by atoms with Crippen LogP contribution in [0.15, 0.2) is 33.7 Å². The van der Waals surface area contributed by atoms with E-state index in [0.29, 0.717) is 12.0 Å². The molecule has 0 amide bonds. The molecular formula is C20H33BrIN5. The fourth-order valence-electron chi connectivity index (χ4n) is 3.92. The van der Waals surface area contributed by atoms with Crippen molar-refractivity contribution in [1.29, 1.82) is 0 Å². The molecule has 7 heteroatoms. The second-order valence-corrected chi connectivity index (χ2v) is 8.46. The van der Waals surface area contributed by atoms with E-state index < -0.39 is 0 Å². The number of anilines is 1. The third-order valence-corrected chi connectivity index (χ3v) is 5.82. The summed E-state index contributed by atoms with van der Waals surface area (Å²) in [4.78, 5) is 9.76. The lowest BCUT2D eigenvalue weighted by molar-refractivity contribution is 0.214. The number of rotatable bonds is 5. The third kappa shape index (κ3) is 7.09. The Labute approximate surface area is 189 Å². The summed E-state index contributed by atoms with van der Waals surface area (Å²) >= 11 is 3.51. The van der Waals surface area contributed by atoms with Gasteiger partial charge in [-0.05, 0) is 70.0 Å². The SMILES string of the molecule is CCNC(=NCC1CCCN(C)C1)NC1CCN(c2ccc(Br)cc2)C1.I. The molecule has 2 unspecified atom stereocenters. The van der Waals surface area contributed by atoms with Crippen LogP contribution in [-0.2, 0) is 0 Å². The fourth-order valence-corrected chi connectivity index (χ4v) is 4.18. The van der Waals surface area contributed by atoms with Crippen molar-refractivity contribution in [3.05, 3.63) is 28.7 Å². The predicted octanol–water partition coefficient (Wildman–Crippen LogP) is 3.54. The average molecular weight is 550 g/mol. The lowest BCUT2D eigenvalue weighted by Crippen LogP contribution is -2.45. The zero-order valence-corrected chi connectivity index (χ0v) is 20.4. The summed E-state index contributed by atoms with van der Waals surface area (Å²) in [5.41, 5.74) is 1.30. The van der Waals surface area contributed by atoms with Crippen molar-refractivity contribution < 1.29 is 0 Å². The van der Waals surface area contributed by atoms with Gasteiger partial charge in [0.25, 0.3) is 0 Å². The summed E-state index contributed by atoms with van der Waals surface area (Å²) < 4.78 is 1.13. The molecule has 3 rings (SSSR count). The zero-order valence-electron chi connectivity index (χ0n) is 16.5. The summed E-state index contributed by atoms with van der Waals surface area (Å²) in [7, 11) is 2.22. The fraction of sp³-hybridized carbons (Fsp3) is 0.650. The van der Waals surface area contributed by atoms with Gasteiger partial charge in [-0.15, -0.1) is 24.0 Å². The first-order valence-corrected chi connectivity index (χ1v) is 10.7. The highest BCUT2D eigenvalue weighted by Crippen LogP contribution is 2.22. The highest BCUT2D eigenvalue weighted by Gasteiger charge is 2.24. The minimum Gasteiger partial charge on any atom is -0.369 e. The number of hydrogen-bond acceptors (Lipinski definition) is 3. The van der Waals surface area contributed by atoms with Crippen LogP contribution in [0.3, 0.4) is 0 Å². The summed E-state index contributed by atoms with van der Waals surface area (Å²) in [6.07, 6.45) is 3.74. The molecule has 2 aliphatic rings. The van der Waals surface area contributed by atoms with Gasteiger partial charge in [-0.2, -0.15) is 0 Å². The number of piperidine rings is 1. The molecule has 2 saturated heterocycles. The Morgan fingerprint density at radius 1 is 1.19 bits per heavy atom. The number of halogens is 2. The molecule has 2 atom stereocenters. The van der Waals surface area contributed by atoms with Crippen LogP contribution in [0.25, 0.3) is 0 Å². The number of benzene rings is 1. The Kier molecular flexibility index (Phi) is 9.65. The smallest absolute Gasteiger partial charge is 0.191 e. The first-order chi connectivity index (χ1) is 12.6. The summed E-state index contributed by atoms with van der Waals surface area (Å²) in [6.45, 7) is 8.47. The maximum atomic E-state index is 4.89. The van der Waals surface area contributed by atoms with E-state index in [0.717, 1.165) is 43.0 Å². The Bertz CT molecular complexity index is 595. The molecule has 0 saturated carbocycles. The van der Waals surface area contributed by atoms with E-state index in [1.807, 2.05) is 0 Å². The normalized spacial score (nSPS) is 23.8. The highest BCUT2D eigenvalue weighted by molar-refractivity contribution is 14.0. The van der Waals surface area contributed by atoms with Crippen LogP contribution in [0.2, 0.25) is 0 Å². The molecule has 0 spiro atoms. The maximum Gasteiger partial charge on any atom is 0.191 e. The van der Waals surface area contributed by atoms with Crippen molar-refractivity contribution in [2.24, 2.45) is 10.9 Å². The van der Waals surface area contributed by atoms with Crippen LogP contribution in [0.5, 0.6) is 0 Å². The molecule has 2 N–H and O–H groups in total. The zero-order chi connectivity index (χ0) is 18.4. The predicted molar refractivity (Wildman–Crippen MR) is 130 cm³/mol. The second-order valence-electron chi connectivity index (χ2n) is 7.54. The molecule has 27 heavy (non-hydrogen) atoms. The van der Waals surface area contributed by atoms with Crippen LogP contribution >= 0.6 is 39.9 Å². The van der Waals surface area contributed by atoms with Gasteiger partial charge in [0.15, 0.2) is 5.96 Å². The van der Waals surface area contributed by atoms with Crippen molar-refractivity contribution in [2.75, 3.05) is 51.2 Å². The summed E-state index contributed by atoms with van der Waals surface area (Å²) in [5, 5.41) is 7.08. The van der Waals surface area contributed by atoms with Crippen LogP contribution < -0.4 is 15.5 Å². The van der Waals surface area contributed by atoms with Crippen LogP contribution in [0, 0.1) is 5.92 Å². The van der Waals surface area contributed by atoms with Crippen LogP contribution in [0.1, 0.15) is 26.2 Å². The van der Waals surface area contributed by atoms with Gasteiger partial charge in [0, 0.05) is 48.9 Å². The molecule has 2 aliphatic heterocycles. The van der Waals surface area contributed by atoms with Crippen molar-refractivity contribution in [3.63, 3.8) is 0 Å². The lowest BCUT2D eigenvalue weighted by Gasteiger charge is -2.29. The van der Waals surface area contributed by atoms with Crippen molar-refractivity contribution >= 4 is 51.6 Å². The van der Waals surface area contributed by atoms with Gasteiger partial charge < -0.3 is 20.4 Å². The maximum absolute atomic E-state index is 4.89. The minimum absolute atomic E-state index is 0. The Hall–Kier alpha value is -0.540. The van der Waals surface area contributed by atoms with Gasteiger partial charge >= 0.3 is 0 Å². The van der Waals surface area contributed by atoms with E-state index in [4.69, 9.17) is 4.99 Å². The van der Waals surface area contributed by atoms with E-state index in [2.05, 4.69) is 74.6 Å². The van der Waals surface area contributed by atoms with Crippen molar-refractivity contribution in [1.82, 2.24) is 15.5 Å². The van der Waals surface area contributed by atoms with E-state index in [1.165, 1.54) is 31.6 Å². The molecule has 152 valence electrons. The van der Waals surface area contributed by atoms with Gasteiger partial charge in [0.1, 0.15) is 0 Å². The van der Waals surface area contributed by atoms with Gasteiger partial charge in [0.2, 0.25) is 0 Å². The van der Waals surface area contributed by atoms with Gasteiger partial charge in [-0.3, -0.25) is 4.99 Å². The van der Waals surface area contributed by atoms with Crippen molar-refractivity contribution in [2.45, 2.75) is 32.2 Å². The Morgan fingerprint density at radius 3 is 2.67 bits per heavy atom. The number of guanidine groups is 1. The number of nitrogens with one attached hydrogen (secondary N) is 2. The first kappa shape index (κ1) is 22.7. The molecule has 1 aromatic carbocycles. The molecule has 2 heterocycles. The van der Waals surface area contributed by atoms with Crippen molar-refractivity contribution in [3.8, 4) is 0 Å². The largest absolute Gasteiger partial charge is 0.369 e. The Morgan fingerprint density at radius 2 is 1.96 bits per heavy atom. The minimum atomic E-state index is 0.